The Bertz CT molecular complexity index is 1130. The molecule has 0 spiro atoms. The SMILES string of the molecule is Cc1nc(-c2cn3c(n2)-c2cc(SC4CCN(C(C)C)CC4)ccc2OCC3)n(C(C)C)n1. The third-order valence-electron chi connectivity index (χ3n) is 6.52. The summed E-state index contributed by atoms with van der Waals surface area (Å²) in [7, 11) is 0. The van der Waals surface area contributed by atoms with E-state index in [0.717, 1.165) is 41.0 Å². The minimum atomic E-state index is 0.225. The van der Waals surface area contributed by atoms with Gasteiger partial charge in [0.25, 0.3) is 0 Å². The van der Waals surface area contributed by atoms with E-state index in [4.69, 9.17) is 9.72 Å². The number of hydrogen-bond donors (Lipinski definition) is 0. The Labute approximate surface area is 200 Å². The third-order valence-corrected chi connectivity index (χ3v) is 7.85. The van der Waals surface area contributed by atoms with Crippen molar-refractivity contribution < 1.29 is 4.74 Å². The Morgan fingerprint density at radius 3 is 2.52 bits per heavy atom. The molecular formula is C25H34N6OS. The van der Waals surface area contributed by atoms with E-state index in [1.165, 1.54) is 30.8 Å². The molecule has 5 rings (SSSR count). The van der Waals surface area contributed by atoms with Gasteiger partial charge in [0.15, 0.2) is 5.82 Å². The van der Waals surface area contributed by atoms with Crippen molar-refractivity contribution in [2.24, 2.45) is 0 Å². The van der Waals surface area contributed by atoms with Crippen LogP contribution in [0.25, 0.3) is 22.9 Å². The lowest BCUT2D eigenvalue weighted by atomic mass is 10.1. The van der Waals surface area contributed by atoms with Crippen molar-refractivity contribution in [2.45, 2.75) is 76.2 Å². The Kier molecular flexibility index (Phi) is 6.22. The fraction of sp³-hybridized carbons (Fsp3) is 0.560. The number of benzene rings is 1. The van der Waals surface area contributed by atoms with Crippen LogP contribution in [0.4, 0.5) is 0 Å². The molecule has 0 radical (unpaired) electrons. The Morgan fingerprint density at radius 2 is 1.79 bits per heavy atom. The average Bonchev–Trinajstić information content (AvgIpc) is 3.34. The standard InChI is InChI=1S/C25H34N6OS/c1-16(2)29-10-8-19(9-11-29)33-20-6-7-23-21(14-20)24-27-22(15-30(24)12-13-32-23)25-26-18(5)28-31(25)17(3)4/h6-7,14-17,19H,8-13H2,1-5H3. The summed E-state index contributed by atoms with van der Waals surface area (Å²) < 4.78 is 10.2. The number of ether oxygens (including phenoxy) is 1. The molecule has 1 fully saturated rings. The van der Waals surface area contributed by atoms with E-state index in [1.807, 2.05) is 23.4 Å². The normalized spacial score (nSPS) is 17.2. The maximum absolute atomic E-state index is 6.08. The van der Waals surface area contributed by atoms with E-state index in [0.29, 0.717) is 17.9 Å². The summed E-state index contributed by atoms with van der Waals surface area (Å²) in [4.78, 5) is 13.6. The van der Waals surface area contributed by atoms with Gasteiger partial charge in [-0.05, 0) is 78.7 Å². The topological polar surface area (TPSA) is 61.0 Å². The van der Waals surface area contributed by atoms with E-state index in [2.05, 4.69) is 71.6 Å². The molecule has 33 heavy (non-hydrogen) atoms. The molecule has 0 N–H and O–H groups in total. The molecule has 1 saturated heterocycles. The number of piperidine rings is 1. The molecule has 4 heterocycles. The van der Waals surface area contributed by atoms with Crippen LogP contribution in [0.1, 0.15) is 52.4 Å². The van der Waals surface area contributed by atoms with Gasteiger partial charge < -0.3 is 14.2 Å². The number of rotatable bonds is 5. The second kappa shape index (κ2) is 9.14. The fourth-order valence-corrected chi connectivity index (χ4v) is 5.88. The quantitative estimate of drug-likeness (QED) is 0.524. The van der Waals surface area contributed by atoms with Crippen LogP contribution in [0.3, 0.4) is 0 Å². The van der Waals surface area contributed by atoms with Crippen molar-refractivity contribution in [3.05, 3.63) is 30.2 Å². The smallest absolute Gasteiger partial charge is 0.178 e. The summed E-state index contributed by atoms with van der Waals surface area (Å²) in [5.74, 6) is 3.46. The highest BCUT2D eigenvalue weighted by Crippen LogP contribution is 2.39. The molecule has 176 valence electrons. The molecular weight excluding hydrogens is 432 g/mol. The van der Waals surface area contributed by atoms with Gasteiger partial charge >= 0.3 is 0 Å². The Morgan fingerprint density at radius 1 is 1.00 bits per heavy atom. The van der Waals surface area contributed by atoms with Crippen LogP contribution in [0, 0.1) is 6.92 Å². The fourth-order valence-electron chi connectivity index (χ4n) is 4.71. The van der Waals surface area contributed by atoms with Gasteiger partial charge in [-0.2, -0.15) is 5.10 Å². The van der Waals surface area contributed by atoms with E-state index in [-0.39, 0.29) is 6.04 Å². The maximum atomic E-state index is 6.08. The van der Waals surface area contributed by atoms with Crippen molar-refractivity contribution in [1.82, 2.24) is 29.2 Å². The monoisotopic (exact) mass is 466 g/mol. The summed E-state index contributed by atoms with van der Waals surface area (Å²) in [5, 5.41) is 5.24. The first-order valence-electron chi connectivity index (χ1n) is 12.1. The number of aromatic nitrogens is 5. The van der Waals surface area contributed by atoms with E-state index < -0.39 is 0 Å². The van der Waals surface area contributed by atoms with Gasteiger partial charge in [0.05, 0.1) is 12.1 Å². The predicted molar refractivity (Wildman–Crippen MR) is 133 cm³/mol. The highest BCUT2D eigenvalue weighted by Gasteiger charge is 2.25. The first-order valence-corrected chi connectivity index (χ1v) is 13.0. The number of aryl methyl sites for hydroxylation is 1. The summed E-state index contributed by atoms with van der Waals surface area (Å²) in [6, 6.07) is 7.45. The van der Waals surface area contributed by atoms with Crippen LogP contribution in [0.15, 0.2) is 29.3 Å². The van der Waals surface area contributed by atoms with Crippen molar-refractivity contribution in [3.8, 4) is 28.7 Å². The van der Waals surface area contributed by atoms with E-state index in [1.54, 1.807) is 0 Å². The Hall–Kier alpha value is -2.32. The first-order chi connectivity index (χ1) is 15.9. The molecule has 8 heteroatoms. The maximum Gasteiger partial charge on any atom is 0.178 e. The van der Waals surface area contributed by atoms with E-state index >= 15 is 0 Å². The minimum absolute atomic E-state index is 0.225. The summed E-state index contributed by atoms with van der Waals surface area (Å²) >= 11 is 2.00. The number of imidazole rings is 1. The number of fused-ring (bicyclic) bond motifs is 3. The number of hydrogen-bond acceptors (Lipinski definition) is 6. The van der Waals surface area contributed by atoms with E-state index in [9.17, 15) is 0 Å². The zero-order valence-electron chi connectivity index (χ0n) is 20.3. The minimum Gasteiger partial charge on any atom is -0.491 e. The second-order valence-corrected chi connectivity index (χ2v) is 11.0. The molecule has 0 amide bonds. The van der Waals surface area contributed by atoms with Gasteiger partial charge in [0, 0.05) is 28.4 Å². The summed E-state index contributed by atoms with van der Waals surface area (Å²) in [6.45, 7) is 14.5. The molecule has 0 bridgehead atoms. The zero-order chi connectivity index (χ0) is 23.1. The zero-order valence-corrected chi connectivity index (χ0v) is 21.1. The molecule has 0 saturated carbocycles. The summed E-state index contributed by atoms with van der Waals surface area (Å²) in [5.41, 5.74) is 1.93. The van der Waals surface area contributed by atoms with Crippen LogP contribution < -0.4 is 4.74 Å². The van der Waals surface area contributed by atoms with Gasteiger partial charge in [-0.15, -0.1) is 11.8 Å². The number of nitrogens with zero attached hydrogens (tertiary/aromatic N) is 6. The average molecular weight is 467 g/mol. The predicted octanol–water partition coefficient (Wildman–Crippen LogP) is 5.06. The van der Waals surface area contributed by atoms with Crippen LogP contribution >= 0.6 is 11.8 Å². The van der Waals surface area contributed by atoms with Crippen LogP contribution in [-0.2, 0) is 6.54 Å². The molecule has 2 aliphatic heterocycles. The van der Waals surface area contributed by atoms with Crippen molar-refractivity contribution >= 4 is 11.8 Å². The lowest BCUT2D eigenvalue weighted by molar-refractivity contribution is 0.188. The molecule has 2 aliphatic rings. The van der Waals surface area contributed by atoms with Gasteiger partial charge in [-0.25, -0.2) is 14.6 Å². The molecule has 0 atom stereocenters. The van der Waals surface area contributed by atoms with Gasteiger partial charge in [0.1, 0.15) is 29.7 Å². The third kappa shape index (κ3) is 4.55. The number of likely N-dealkylation sites (tertiary alicyclic amines) is 1. The van der Waals surface area contributed by atoms with Crippen molar-refractivity contribution in [1.29, 1.82) is 0 Å². The van der Waals surface area contributed by atoms with Crippen LogP contribution in [0.2, 0.25) is 0 Å². The first kappa shape index (κ1) is 22.5. The second-order valence-electron chi connectivity index (χ2n) is 9.62. The van der Waals surface area contributed by atoms with Gasteiger partial charge in [-0.1, -0.05) is 0 Å². The molecule has 1 aromatic carbocycles. The van der Waals surface area contributed by atoms with Crippen LogP contribution in [-0.4, -0.2) is 60.2 Å². The van der Waals surface area contributed by atoms with Crippen LogP contribution in [0.5, 0.6) is 5.75 Å². The van der Waals surface area contributed by atoms with Crippen molar-refractivity contribution in [2.75, 3.05) is 19.7 Å². The molecule has 3 aromatic rings. The lowest BCUT2D eigenvalue weighted by Gasteiger charge is -2.34. The van der Waals surface area contributed by atoms with Crippen molar-refractivity contribution in [3.63, 3.8) is 0 Å². The number of thioether (sulfide) groups is 1. The molecule has 0 unspecified atom stereocenters. The largest absolute Gasteiger partial charge is 0.491 e. The molecule has 0 aliphatic carbocycles. The highest BCUT2D eigenvalue weighted by molar-refractivity contribution is 8.00. The van der Waals surface area contributed by atoms with Gasteiger partial charge in [0.2, 0.25) is 0 Å². The molecule has 2 aromatic heterocycles. The Balaban J connectivity index is 1.43. The highest BCUT2D eigenvalue weighted by atomic mass is 32.2. The molecule has 7 nitrogen and oxygen atoms in total. The summed E-state index contributed by atoms with van der Waals surface area (Å²) in [6.07, 6.45) is 4.57. The van der Waals surface area contributed by atoms with Gasteiger partial charge in [-0.3, -0.25) is 0 Å². The lowest BCUT2D eigenvalue weighted by Crippen LogP contribution is -2.39.